The molecule has 1 aliphatic heterocycles. The quantitative estimate of drug-likeness (QED) is 0.441. The van der Waals surface area contributed by atoms with Crippen molar-refractivity contribution in [3.8, 4) is 0 Å². The van der Waals surface area contributed by atoms with Crippen LogP contribution in [0.15, 0.2) is 0 Å². The standard InChI is InChI=1S/C6H10O/c1-6-2-4-7-5-3-6/h1,6H,2-5H2. The van der Waals surface area contributed by atoms with Crippen LogP contribution in [-0.4, -0.2) is 13.2 Å². The van der Waals surface area contributed by atoms with Crippen molar-refractivity contribution in [3.05, 3.63) is 6.92 Å². The SMILES string of the molecule is [CH]C1CCOCC1. The molecule has 1 aliphatic rings. The van der Waals surface area contributed by atoms with Gasteiger partial charge >= 0.3 is 0 Å². The van der Waals surface area contributed by atoms with E-state index in [-0.39, 0.29) is 0 Å². The largest absolute Gasteiger partial charge is 0.381 e. The van der Waals surface area contributed by atoms with E-state index in [9.17, 15) is 0 Å². The van der Waals surface area contributed by atoms with Crippen LogP contribution in [0.3, 0.4) is 0 Å². The van der Waals surface area contributed by atoms with Crippen molar-refractivity contribution in [3.63, 3.8) is 0 Å². The van der Waals surface area contributed by atoms with Gasteiger partial charge in [-0.15, -0.1) is 0 Å². The minimum absolute atomic E-state index is 0.411. The lowest BCUT2D eigenvalue weighted by Gasteiger charge is -2.16. The first-order chi connectivity index (χ1) is 3.39. The molecule has 0 aliphatic carbocycles. The molecule has 1 heterocycles. The van der Waals surface area contributed by atoms with E-state index in [0.717, 1.165) is 26.1 Å². The molecule has 1 nitrogen and oxygen atoms in total. The van der Waals surface area contributed by atoms with Crippen molar-refractivity contribution >= 4 is 0 Å². The topological polar surface area (TPSA) is 9.23 Å². The van der Waals surface area contributed by atoms with Crippen LogP contribution in [0.5, 0.6) is 0 Å². The Bertz CT molecular complexity index is 46.1. The Morgan fingerprint density at radius 3 is 2.14 bits per heavy atom. The molecule has 0 aromatic heterocycles. The van der Waals surface area contributed by atoms with Gasteiger partial charge in [0.2, 0.25) is 0 Å². The van der Waals surface area contributed by atoms with Gasteiger partial charge in [0.25, 0.3) is 0 Å². The lowest BCUT2D eigenvalue weighted by molar-refractivity contribution is 0.0779. The molecule has 0 spiro atoms. The van der Waals surface area contributed by atoms with Gasteiger partial charge in [-0.2, -0.15) is 0 Å². The van der Waals surface area contributed by atoms with E-state index in [1.165, 1.54) is 0 Å². The van der Waals surface area contributed by atoms with Crippen LogP contribution in [0.1, 0.15) is 12.8 Å². The summed E-state index contributed by atoms with van der Waals surface area (Å²) in [6.07, 6.45) is 2.08. The zero-order valence-electron chi connectivity index (χ0n) is 4.39. The number of rotatable bonds is 0. The Balaban J connectivity index is 2.12. The summed E-state index contributed by atoms with van der Waals surface area (Å²) in [6.45, 7) is 7.28. The molecule has 7 heavy (non-hydrogen) atoms. The first kappa shape index (κ1) is 5.10. The minimum atomic E-state index is 0.411. The van der Waals surface area contributed by atoms with Crippen molar-refractivity contribution in [2.45, 2.75) is 12.8 Å². The second-order valence-electron chi connectivity index (χ2n) is 1.95. The second-order valence-corrected chi connectivity index (χ2v) is 1.95. The second kappa shape index (κ2) is 2.31. The zero-order valence-corrected chi connectivity index (χ0v) is 4.39. The monoisotopic (exact) mass is 98.1 g/mol. The number of hydrogen-bond donors (Lipinski definition) is 0. The predicted molar refractivity (Wildman–Crippen MR) is 27.8 cm³/mol. The average Bonchev–Trinajstić information content (AvgIpc) is 1.69. The van der Waals surface area contributed by atoms with Gasteiger partial charge in [0.15, 0.2) is 0 Å². The van der Waals surface area contributed by atoms with E-state index in [1.54, 1.807) is 0 Å². The van der Waals surface area contributed by atoms with Gasteiger partial charge < -0.3 is 4.74 Å². The van der Waals surface area contributed by atoms with Crippen LogP contribution in [0.4, 0.5) is 0 Å². The molecule has 0 aromatic rings. The Labute approximate surface area is 44.7 Å². The highest BCUT2D eigenvalue weighted by atomic mass is 16.5. The summed E-state index contributed by atoms with van der Waals surface area (Å²) >= 11 is 0. The van der Waals surface area contributed by atoms with Crippen LogP contribution in [0, 0.1) is 12.8 Å². The van der Waals surface area contributed by atoms with Gasteiger partial charge in [-0.1, -0.05) is 0 Å². The summed E-state index contributed by atoms with van der Waals surface area (Å²) in [5.74, 6) is 0.411. The van der Waals surface area contributed by atoms with Gasteiger partial charge in [0, 0.05) is 13.2 Å². The highest BCUT2D eigenvalue weighted by Crippen LogP contribution is 2.11. The molecule has 1 fully saturated rings. The summed E-state index contributed by atoms with van der Waals surface area (Å²) < 4.78 is 5.06. The van der Waals surface area contributed by atoms with Gasteiger partial charge in [0.05, 0.1) is 0 Å². The molecule has 0 N–H and O–H groups in total. The molecule has 2 radical (unpaired) electrons. The Morgan fingerprint density at radius 1 is 1.29 bits per heavy atom. The highest BCUT2D eigenvalue weighted by Gasteiger charge is 2.06. The van der Waals surface area contributed by atoms with Crippen LogP contribution in [0.25, 0.3) is 0 Å². The third-order valence-electron chi connectivity index (χ3n) is 1.27. The molecule has 0 bridgehead atoms. The Morgan fingerprint density at radius 2 is 1.86 bits per heavy atom. The van der Waals surface area contributed by atoms with Crippen LogP contribution >= 0.6 is 0 Å². The van der Waals surface area contributed by atoms with E-state index >= 15 is 0 Å². The van der Waals surface area contributed by atoms with Crippen molar-refractivity contribution in [2.75, 3.05) is 13.2 Å². The van der Waals surface area contributed by atoms with Crippen molar-refractivity contribution in [1.82, 2.24) is 0 Å². The van der Waals surface area contributed by atoms with Gasteiger partial charge in [-0.25, -0.2) is 0 Å². The maximum absolute atomic E-state index is 5.55. The summed E-state index contributed by atoms with van der Waals surface area (Å²) in [5.41, 5.74) is 0. The summed E-state index contributed by atoms with van der Waals surface area (Å²) in [6, 6.07) is 0. The number of ether oxygens (including phenoxy) is 1. The first-order valence-electron chi connectivity index (χ1n) is 2.73. The first-order valence-corrected chi connectivity index (χ1v) is 2.73. The lowest BCUT2D eigenvalue weighted by Crippen LogP contribution is -2.12. The molecular weight excluding hydrogens is 88.1 g/mol. The van der Waals surface area contributed by atoms with E-state index < -0.39 is 0 Å². The maximum atomic E-state index is 5.55. The molecule has 1 rings (SSSR count). The average molecular weight is 98.1 g/mol. The molecular formula is C6H10O. The molecule has 0 atom stereocenters. The summed E-state index contributed by atoms with van der Waals surface area (Å²) in [7, 11) is 0. The van der Waals surface area contributed by atoms with Gasteiger partial charge in [0.1, 0.15) is 0 Å². The fourth-order valence-electron chi connectivity index (χ4n) is 0.716. The Kier molecular flexibility index (Phi) is 1.69. The molecule has 0 amide bonds. The van der Waals surface area contributed by atoms with Crippen molar-refractivity contribution < 1.29 is 4.74 Å². The molecule has 1 saturated heterocycles. The zero-order chi connectivity index (χ0) is 5.11. The fraction of sp³-hybridized carbons (Fsp3) is 0.833. The lowest BCUT2D eigenvalue weighted by atomic mass is 10.0. The van der Waals surface area contributed by atoms with Crippen molar-refractivity contribution in [1.29, 1.82) is 0 Å². The Hall–Kier alpha value is -0.0400. The molecule has 0 saturated carbocycles. The predicted octanol–water partition coefficient (Wildman–Crippen LogP) is 1.12. The van der Waals surface area contributed by atoms with Gasteiger partial charge in [-0.05, 0) is 25.7 Å². The maximum Gasteiger partial charge on any atom is 0.0468 e. The molecule has 1 heteroatoms. The van der Waals surface area contributed by atoms with E-state index in [1.807, 2.05) is 0 Å². The van der Waals surface area contributed by atoms with E-state index in [0.29, 0.717) is 5.92 Å². The van der Waals surface area contributed by atoms with E-state index in [4.69, 9.17) is 11.7 Å². The van der Waals surface area contributed by atoms with Crippen LogP contribution in [-0.2, 0) is 4.74 Å². The molecule has 0 aromatic carbocycles. The van der Waals surface area contributed by atoms with Crippen molar-refractivity contribution in [2.24, 2.45) is 5.92 Å². The fourth-order valence-corrected chi connectivity index (χ4v) is 0.716. The van der Waals surface area contributed by atoms with Gasteiger partial charge in [-0.3, -0.25) is 0 Å². The third kappa shape index (κ3) is 1.48. The van der Waals surface area contributed by atoms with Crippen LogP contribution in [0.2, 0.25) is 0 Å². The number of hydrogen-bond acceptors (Lipinski definition) is 1. The normalized spacial score (nSPS) is 25.3. The van der Waals surface area contributed by atoms with E-state index in [2.05, 4.69) is 0 Å². The minimum Gasteiger partial charge on any atom is -0.381 e. The highest BCUT2D eigenvalue weighted by molar-refractivity contribution is 4.63. The summed E-state index contributed by atoms with van der Waals surface area (Å²) in [5, 5.41) is 0. The molecule has 0 unspecified atom stereocenters. The smallest absolute Gasteiger partial charge is 0.0468 e. The third-order valence-corrected chi connectivity index (χ3v) is 1.27. The molecule has 40 valence electrons. The van der Waals surface area contributed by atoms with Crippen LogP contribution < -0.4 is 0 Å². The summed E-state index contributed by atoms with van der Waals surface area (Å²) in [4.78, 5) is 0.